The Morgan fingerprint density at radius 3 is 2.89 bits per heavy atom. The van der Waals surface area contributed by atoms with Crippen LogP contribution in [0.25, 0.3) is 11.0 Å². The second-order valence-electron chi connectivity index (χ2n) is 5.08. The van der Waals surface area contributed by atoms with Gasteiger partial charge in [0.2, 0.25) is 0 Å². The van der Waals surface area contributed by atoms with Crippen LogP contribution in [-0.2, 0) is 0 Å². The van der Waals surface area contributed by atoms with Gasteiger partial charge < -0.3 is 5.21 Å². The van der Waals surface area contributed by atoms with E-state index >= 15 is 0 Å². The van der Waals surface area contributed by atoms with E-state index in [0.29, 0.717) is 0 Å². The Kier molecular flexibility index (Phi) is 3.44. The lowest BCUT2D eigenvalue weighted by Gasteiger charge is -2.21. The van der Waals surface area contributed by atoms with Crippen LogP contribution in [0.5, 0.6) is 0 Å². The Bertz CT molecular complexity index is 590. The van der Waals surface area contributed by atoms with E-state index in [1.165, 1.54) is 12.8 Å². The first-order valence-corrected chi connectivity index (χ1v) is 6.91. The van der Waals surface area contributed by atoms with Crippen LogP contribution in [0.4, 0.5) is 0 Å². The number of para-hydroxylation sites is 1. The van der Waals surface area contributed by atoms with Crippen molar-refractivity contribution >= 4 is 16.7 Å². The summed E-state index contributed by atoms with van der Waals surface area (Å²) < 4.78 is 1.91. The summed E-state index contributed by atoms with van der Waals surface area (Å²) in [5, 5.41) is 21.3. The van der Waals surface area contributed by atoms with E-state index in [1.54, 1.807) is 0 Å². The number of hydrogen-bond acceptors (Lipinski definition) is 4. The highest BCUT2D eigenvalue weighted by Crippen LogP contribution is 2.26. The molecule has 1 unspecified atom stereocenters. The Balaban J connectivity index is 2.01. The van der Waals surface area contributed by atoms with Crippen LogP contribution in [0.2, 0.25) is 0 Å². The van der Waals surface area contributed by atoms with Gasteiger partial charge in [0.15, 0.2) is 0 Å². The molecule has 1 fully saturated rings. The molecule has 0 amide bonds. The van der Waals surface area contributed by atoms with Gasteiger partial charge >= 0.3 is 0 Å². The molecule has 1 aromatic carbocycles. The summed E-state index contributed by atoms with van der Waals surface area (Å²) in [7, 11) is 0. The fourth-order valence-electron chi connectivity index (χ4n) is 2.83. The Morgan fingerprint density at radius 1 is 1.16 bits per heavy atom. The molecule has 0 bridgehead atoms. The van der Waals surface area contributed by atoms with Gasteiger partial charge in [0, 0.05) is 0 Å². The average Bonchev–Trinajstić information content (AvgIpc) is 2.83. The maximum Gasteiger partial charge on any atom is 0.113 e. The van der Waals surface area contributed by atoms with Crippen molar-refractivity contribution in [1.82, 2.24) is 15.0 Å². The standard InChI is InChI=1S/C14H18N4O/c19-16-12-8-3-1-2-4-9-14(12)18-13-10-6-5-7-11(13)15-17-18/h5-7,10,14,19H,1-4,8-9H2. The van der Waals surface area contributed by atoms with Gasteiger partial charge in [-0.05, 0) is 31.4 Å². The normalized spacial score (nSPS) is 23.4. The zero-order valence-corrected chi connectivity index (χ0v) is 10.9. The van der Waals surface area contributed by atoms with E-state index in [0.717, 1.165) is 42.4 Å². The molecule has 0 aliphatic heterocycles. The van der Waals surface area contributed by atoms with Crippen molar-refractivity contribution in [2.75, 3.05) is 0 Å². The largest absolute Gasteiger partial charge is 0.411 e. The third-order valence-corrected chi connectivity index (χ3v) is 3.85. The van der Waals surface area contributed by atoms with Gasteiger partial charge in [-0.25, -0.2) is 4.68 Å². The zero-order valence-electron chi connectivity index (χ0n) is 10.9. The van der Waals surface area contributed by atoms with E-state index in [9.17, 15) is 5.21 Å². The van der Waals surface area contributed by atoms with Crippen LogP contribution >= 0.6 is 0 Å². The van der Waals surface area contributed by atoms with Gasteiger partial charge in [0.25, 0.3) is 0 Å². The lowest BCUT2D eigenvalue weighted by molar-refractivity contribution is 0.309. The minimum atomic E-state index is 0.0395. The molecule has 1 saturated carbocycles. The van der Waals surface area contributed by atoms with Gasteiger partial charge in [-0.3, -0.25) is 0 Å². The topological polar surface area (TPSA) is 63.3 Å². The predicted octanol–water partition coefficient (Wildman–Crippen LogP) is 3.16. The Labute approximate surface area is 111 Å². The molecule has 0 saturated heterocycles. The molecular formula is C14H18N4O. The maximum absolute atomic E-state index is 9.28. The molecular weight excluding hydrogens is 240 g/mol. The molecule has 1 heterocycles. The van der Waals surface area contributed by atoms with Crippen molar-refractivity contribution in [2.24, 2.45) is 5.16 Å². The molecule has 2 aromatic rings. The molecule has 5 heteroatoms. The Morgan fingerprint density at radius 2 is 2.00 bits per heavy atom. The highest BCUT2D eigenvalue weighted by Gasteiger charge is 2.23. The van der Waals surface area contributed by atoms with Gasteiger partial charge in [-0.1, -0.05) is 41.8 Å². The first-order valence-electron chi connectivity index (χ1n) is 6.91. The highest BCUT2D eigenvalue weighted by molar-refractivity contribution is 5.89. The molecule has 3 rings (SSSR count). The van der Waals surface area contributed by atoms with Crippen molar-refractivity contribution in [3.8, 4) is 0 Å². The lowest BCUT2D eigenvalue weighted by Crippen LogP contribution is -2.22. The number of aromatic nitrogens is 3. The second kappa shape index (κ2) is 5.38. The summed E-state index contributed by atoms with van der Waals surface area (Å²) in [6, 6.07) is 7.96. The third kappa shape index (κ3) is 2.32. The monoisotopic (exact) mass is 258 g/mol. The molecule has 0 radical (unpaired) electrons. The molecule has 1 atom stereocenters. The van der Waals surface area contributed by atoms with Crippen LogP contribution in [0.1, 0.15) is 44.6 Å². The summed E-state index contributed by atoms with van der Waals surface area (Å²) >= 11 is 0. The van der Waals surface area contributed by atoms with Crippen molar-refractivity contribution < 1.29 is 5.21 Å². The molecule has 1 aliphatic carbocycles. The molecule has 100 valence electrons. The summed E-state index contributed by atoms with van der Waals surface area (Å²) in [4.78, 5) is 0. The molecule has 19 heavy (non-hydrogen) atoms. The lowest BCUT2D eigenvalue weighted by atomic mass is 9.95. The maximum atomic E-state index is 9.28. The second-order valence-corrected chi connectivity index (χ2v) is 5.08. The van der Waals surface area contributed by atoms with Crippen molar-refractivity contribution in [2.45, 2.75) is 44.6 Å². The third-order valence-electron chi connectivity index (χ3n) is 3.85. The van der Waals surface area contributed by atoms with Crippen molar-refractivity contribution in [3.63, 3.8) is 0 Å². The smallest absolute Gasteiger partial charge is 0.113 e. The van der Waals surface area contributed by atoms with E-state index in [-0.39, 0.29) is 6.04 Å². The number of fused-ring (bicyclic) bond motifs is 1. The van der Waals surface area contributed by atoms with Gasteiger partial charge in [0.1, 0.15) is 5.52 Å². The molecule has 1 aromatic heterocycles. The quantitative estimate of drug-likeness (QED) is 0.631. The number of rotatable bonds is 1. The summed E-state index contributed by atoms with van der Waals surface area (Å²) in [5.74, 6) is 0. The average molecular weight is 258 g/mol. The first kappa shape index (κ1) is 12.1. The van der Waals surface area contributed by atoms with Crippen LogP contribution in [0.3, 0.4) is 0 Å². The molecule has 5 nitrogen and oxygen atoms in total. The summed E-state index contributed by atoms with van der Waals surface area (Å²) in [6.07, 6.45) is 6.48. The summed E-state index contributed by atoms with van der Waals surface area (Å²) in [5.41, 5.74) is 2.73. The number of nitrogens with zero attached hydrogens (tertiary/aromatic N) is 4. The minimum absolute atomic E-state index is 0.0395. The zero-order chi connectivity index (χ0) is 13.1. The first-order chi connectivity index (χ1) is 9.40. The molecule has 1 aliphatic rings. The van der Waals surface area contributed by atoms with Crippen LogP contribution in [-0.4, -0.2) is 25.9 Å². The van der Waals surface area contributed by atoms with E-state index in [1.807, 2.05) is 28.9 Å². The van der Waals surface area contributed by atoms with Gasteiger partial charge in [-0.2, -0.15) is 0 Å². The SMILES string of the molecule is ON=C1CCCCCCC1n1nnc2ccccc21. The number of hydrogen-bond donors (Lipinski definition) is 1. The fraction of sp³-hybridized carbons (Fsp3) is 0.500. The van der Waals surface area contributed by atoms with Crippen LogP contribution in [0.15, 0.2) is 29.4 Å². The molecule has 1 N–H and O–H groups in total. The fourth-order valence-corrected chi connectivity index (χ4v) is 2.83. The van der Waals surface area contributed by atoms with E-state index < -0.39 is 0 Å². The van der Waals surface area contributed by atoms with Crippen LogP contribution in [0, 0.1) is 0 Å². The van der Waals surface area contributed by atoms with Gasteiger partial charge in [0.05, 0.1) is 17.3 Å². The van der Waals surface area contributed by atoms with E-state index in [4.69, 9.17) is 0 Å². The predicted molar refractivity (Wildman–Crippen MR) is 73.5 cm³/mol. The van der Waals surface area contributed by atoms with Crippen molar-refractivity contribution in [3.05, 3.63) is 24.3 Å². The number of benzene rings is 1. The Hall–Kier alpha value is -1.91. The molecule has 0 spiro atoms. The highest BCUT2D eigenvalue weighted by atomic mass is 16.4. The van der Waals surface area contributed by atoms with Crippen LogP contribution < -0.4 is 0 Å². The number of oxime groups is 1. The van der Waals surface area contributed by atoms with E-state index in [2.05, 4.69) is 15.5 Å². The van der Waals surface area contributed by atoms with Gasteiger partial charge in [-0.15, -0.1) is 5.10 Å². The summed E-state index contributed by atoms with van der Waals surface area (Å²) in [6.45, 7) is 0. The van der Waals surface area contributed by atoms with Crippen molar-refractivity contribution in [1.29, 1.82) is 0 Å². The minimum Gasteiger partial charge on any atom is -0.411 e.